The van der Waals surface area contributed by atoms with Crippen LogP contribution >= 0.6 is 23.5 Å². The molecule has 8 rings (SSSR count). The molecule has 0 bridgehead atoms. The highest BCUT2D eigenvalue weighted by Crippen LogP contribution is 2.45. The lowest BCUT2D eigenvalue weighted by molar-refractivity contribution is -0.143. The van der Waals surface area contributed by atoms with Crippen LogP contribution < -0.4 is 10.6 Å². The van der Waals surface area contributed by atoms with Crippen molar-refractivity contribution in [2.45, 2.75) is 56.4 Å². The third kappa shape index (κ3) is 13.9. The van der Waals surface area contributed by atoms with Gasteiger partial charge in [-0.15, -0.1) is 0 Å². The zero-order valence-corrected chi connectivity index (χ0v) is 44.6. The van der Waals surface area contributed by atoms with E-state index in [0.717, 1.165) is 56.0 Å². The van der Waals surface area contributed by atoms with Gasteiger partial charge >= 0.3 is 24.1 Å². The Morgan fingerprint density at radius 3 is 1.29 bits per heavy atom. The summed E-state index contributed by atoms with van der Waals surface area (Å²) in [4.78, 5) is 84.4. The van der Waals surface area contributed by atoms with E-state index in [2.05, 4.69) is 10.6 Å². The van der Waals surface area contributed by atoms with Crippen LogP contribution in [0.3, 0.4) is 0 Å². The van der Waals surface area contributed by atoms with E-state index in [0.29, 0.717) is 34.2 Å². The van der Waals surface area contributed by atoms with Gasteiger partial charge in [-0.05, 0) is 104 Å². The molecule has 0 unspecified atom stereocenters. The van der Waals surface area contributed by atoms with Gasteiger partial charge < -0.3 is 39.1 Å². The van der Waals surface area contributed by atoms with E-state index in [1.807, 2.05) is 122 Å². The average molecular weight is 1080 g/mol. The molecule has 16 heteroatoms. The van der Waals surface area contributed by atoms with E-state index in [1.165, 1.54) is 37.7 Å². The van der Waals surface area contributed by atoms with Crippen molar-refractivity contribution in [2.24, 2.45) is 0 Å². The number of ketones is 2. The summed E-state index contributed by atoms with van der Waals surface area (Å²) in [7, 11) is 2.94. The van der Waals surface area contributed by atoms with Crippen molar-refractivity contribution in [3.8, 4) is 0 Å². The average Bonchev–Trinajstić information content (AvgIpc) is 3.46. The topological polar surface area (TPSA) is 182 Å². The molecule has 2 aliphatic rings. The smallest absolute Gasteiger partial charge is 0.408 e. The van der Waals surface area contributed by atoms with E-state index in [-0.39, 0.29) is 37.6 Å². The van der Waals surface area contributed by atoms with Gasteiger partial charge in [0.2, 0.25) is 0 Å². The highest BCUT2D eigenvalue weighted by molar-refractivity contribution is 7.98. The first-order valence-electron chi connectivity index (χ1n) is 24.9. The van der Waals surface area contributed by atoms with E-state index < -0.39 is 66.0 Å². The fourth-order valence-electron chi connectivity index (χ4n) is 9.33. The Bertz CT molecular complexity index is 3050. The van der Waals surface area contributed by atoms with Gasteiger partial charge in [0.05, 0.1) is 20.6 Å². The van der Waals surface area contributed by atoms with E-state index in [9.17, 15) is 28.8 Å². The van der Waals surface area contributed by atoms with Crippen molar-refractivity contribution in [2.75, 3.05) is 38.2 Å². The Morgan fingerprint density at radius 1 is 0.519 bits per heavy atom. The number of carbonyl (C=O) groups excluding carboxylic acids is 6. The SMILES string of the molecule is COC1=Cc2cccc3cccc(c23)[C@H]1/C(=C\C(=O)CC(=O)/C=C(/OC(=O)[C@@H](CCSC)NC(=O)OCc1ccccc1)[C@H]1C(OC)=Cc2cccc3cccc1c23)OC(=O)[C@@H](CCSC)NC(=O)OCc1ccccc1. The number of rotatable bonds is 24. The molecule has 6 aromatic rings. The number of thioether (sulfide) groups is 2. The van der Waals surface area contributed by atoms with Gasteiger partial charge in [-0.2, -0.15) is 23.5 Å². The first-order chi connectivity index (χ1) is 37.5. The summed E-state index contributed by atoms with van der Waals surface area (Å²) in [5.41, 5.74) is 4.50. The van der Waals surface area contributed by atoms with E-state index >= 15 is 0 Å². The highest BCUT2D eigenvalue weighted by atomic mass is 32.2. The minimum Gasteiger partial charge on any atom is -0.500 e. The molecule has 0 aromatic heterocycles. The highest BCUT2D eigenvalue weighted by Gasteiger charge is 2.36. The van der Waals surface area contributed by atoms with Crippen LogP contribution in [0, 0.1) is 0 Å². The van der Waals surface area contributed by atoms with Crippen molar-refractivity contribution in [1.82, 2.24) is 10.6 Å². The summed E-state index contributed by atoms with van der Waals surface area (Å²) in [6.07, 6.45) is 7.36. The van der Waals surface area contributed by atoms with Gasteiger partial charge in [-0.1, -0.05) is 133 Å². The zero-order valence-electron chi connectivity index (χ0n) is 43.0. The number of benzene rings is 6. The molecule has 0 saturated carbocycles. The zero-order chi connectivity index (χ0) is 54.3. The Kier molecular flexibility index (Phi) is 19.1. The number of amides is 2. The third-order valence-corrected chi connectivity index (χ3v) is 14.2. The number of methoxy groups -OCH3 is 2. The largest absolute Gasteiger partial charge is 0.500 e. The van der Waals surface area contributed by atoms with Crippen molar-refractivity contribution < 1.29 is 57.2 Å². The first kappa shape index (κ1) is 55.2. The maximum atomic E-state index is 14.6. The second-order valence-electron chi connectivity index (χ2n) is 18.1. The van der Waals surface area contributed by atoms with Gasteiger partial charge in [0.15, 0.2) is 11.6 Å². The first-order valence-corrected chi connectivity index (χ1v) is 27.7. The number of allylic oxidation sites excluding steroid dienone is 2. The molecule has 2 aliphatic carbocycles. The van der Waals surface area contributed by atoms with Gasteiger partial charge in [0.1, 0.15) is 60.2 Å². The summed E-state index contributed by atoms with van der Waals surface area (Å²) in [6.45, 7) is -0.0841. The Morgan fingerprint density at radius 2 is 0.909 bits per heavy atom. The maximum Gasteiger partial charge on any atom is 0.408 e. The summed E-state index contributed by atoms with van der Waals surface area (Å²) in [6, 6.07) is 38.6. The maximum absolute atomic E-state index is 14.6. The molecule has 0 heterocycles. The van der Waals surface area contributed by atoms with Gasteiger partial charge in [0.25, 0.3) is 0 Å². The van der Waals surface area contributed by atoms with E-state index in [1.54, 1.807) is 36.4 Å². The quantitative estimate of drug-likeness (QED) is 0.0192. The van der Waals surface area contributed by atoms with Crippen molar-refractivity contribution >= 4 is 92.9 Å². The van der Waals surface area contributed by atoms with Crippen molar-refractivity contribution in [3.63, 3.8) is 0 Å². The lowest BCUT2D eigenvalue weighted by atomic mass is 9.83. The number of hydrogen-bond acceptors (Lipinski definition) is 14. The van der Waals surface area contributed by atoms with Gasteiger partial charge in [-0.3, -0.25) is 9.59 Å². The molecular formula is C61H58N2O12S2. The number of esters is 2. The Balaban J connectivity index is 1.13. The lowest BCUT2D eigenvalue weighted by Crippen LogP contribution is -2.42. The molecule has 2 amide bonds. The minimum absolute atomic E-state index is 0.0421. The van der Waals surface area contributed by atoms with Crippen LogP contribution in [0.5, 0.6) is 0 Å². The second-order valence-corrected chi connectivity index (χ2v) is 20.0. The molecule has 0 fully saturated rings. The number of hydrogen-bond donors (Lipinski definition) is 2. The predicted octanol–water partition coefficient (Wildman–Crippen LogP) is 11.3. The molecule has 4 atom stereocenters. The number of nitrogens with one attached hydrogen (secondary N) is 2. The summed E-state index contributed by atoms with van der Waals surface area (Å²) >= 11 is 2.91. The fourth-order valence-corrected chi connectivity index (χ4v) is 10.3. The number of alkyl carbamates (subject to hydrolysis) is 2. The summed E-state index contributed by atoms with van der Waals surface area (Å²) < 4.78 is 35.3. The second kappa shape index (κ2) is 26.6. The molecular weight excluding hydrogens is 1020 g/mol. The van der Waals surface area contributed by atoms with Crippen LogP contribution in [0.25, 0.3) is 33.7 Å². The van der Waals surface area contributed by atoms with Crippen LogP contribution in [-0.4, -0.2) is 86.0 Å². The third-order valence-electron chi connectivity index (χ3n) is 13.0. The van der Waals surface area contributed by atoms with Crippen LogP contribution in [-0.2, 0) is 60.8 Å². The van der Waals surface area contributed by atoms with Gasteiger partial charge in [0, 0.05) is 12.2 Å². The molecule has 0 saturated heterocycles. The number of ether oxygens (including phenoxy) is 6. The van der Waals surface area contributed by atoms with Crippen LogP contribution in [0.15, 0.2) is 169 Å². The summed E-state index contributed by atoms with van der Waals surface area (Å²) in [5.74, 6) is -3.92. The monoisotopic (exact) mass is 1070 g/mol. The Labute approximate surface area is 455 Å². The van der Waals surface area contributed by atoms with E-state index in [4.69, 9.17) is 28.4 Å². The molecule has 0 spiro atoms. The molecule has 6 aromatic carbocycles. The van der Waals surface area contributed by atoms with Crippen LogP contribution in [0.1, 0.15) is 64.5 Å². The molecule has 0 aliphatic heterocycles. The van der Waals surface area contributed by atoms with Crippen molar-refractivity contribution in [3.05, 3.63) is 202 Å². The fraction of sp³-hybridized carbons (Fsp3) is 0.246. The molecule has 0 radical (unpaired) electrons. The van der Waals surface area contributed by atoms with Gasteiger partial charge in [-0.25, -0.2) is 19.2 Å². The molecule has 77 heavy (non-hydrogen) atoms. The lowest BCUT2D eigenvalue weighted by Gasteiger charge is -2.29. The van der Waals surface area contributed by atoms with Crippen molar-refractivity contribution in [1.29, 1.82) is 0 Å². The predicted molar refractivity (Wildman–Crippen MR) is 299 cm³/mol. The van der Waals surface area contributed by atoms with Crippen LogP contribution in [0.4, 0.5) is 9.59 Å². The molecule has 14 nitrogen and oxygen atoms in total. The Hall–Kier alpha value is -8.08. The molecule has 396 valence electrons. The molecule has 2 N–H and O–H groups in total. The minimum atomic E-state index is -1.21. The summed E-state index contributed by atoms with van der Waals surface area (Å²) in [5, 5.41) is 8.75. The standard InChI is InChI=1S/C61H58N2O12S2/c1-70-50-31-42-23-11-19-40-21-13-25-46(54(40)42)56(50)52(74-58(66)48(27-29-76-3)62-60(68)72-36-38-15-7-5-8-16-38)34-44(64)33-45(65)35-53(57-47-26-14-22-41-20-12-24-43(55(41)47)32-51(57)71-2)75-59(67)49(28-30-77-4)63-61(69)73-37-39-17-9-6-10-18-39/h5-26,31-32,34-35,48-49,56-57H,27-30,33,36-37H2,1-4H3,(H,62,68)(H,63,69)/b52-34+,53-35+/t48-,49-,56-,57-/m1/s1. The van der Waals surface area contributed by atoms with Crippen LogP contribution in [0.2, 0.25) is 0 Å². The normalized spacial score (nSPS) is 15.5. The number of carbonyl (C=O) groups is 6.